The molecule has 0 saturated carbocycles. The molecule has 0 aliphatic heterocycles. The Morgan fingerprint density at radius 1 is 1.28 bits per heavy atom. The summed E-state index contributed by atoms with van der Waals surface area (Å²) in [6.07, 6.45) is 5.55. The first-order valence-corrected chi connectivity index (χ1v) is 6.91. The summed E-state index contributed by atoms with van der Waals surface area (Å²) in [5, 5.41) is 3.61. The molecule has 1 N–H and O–H groups in total. The number of ether oxygens (including phenoxy) is 1. The van der Waals surface area contributed by atoms with Gasteiger partial charge in [-0.1, -0.05) is 33.3 Å². The van der Waals surface area contributed by atoms with Gasteiger partial charge in [0.15, 0.2) is 0 Å². The van der Waals surface area contributed by atoms with Crippen molar-refractivity contribution in [3.63, 3.8) is 0 Å². The van der Waals surface area contributed by atoms with Crippen LogP contribution in [0.3, 0.4) is 0 Å². The highest BCUT2D eigenvalue weighted by atomic mass is 16.5. The van der Waals surface area contributed by atoms with Crippen molar-refractivity contribution in [2.45, 2.75) is 52.6 Å². The standard InChI is InChI=1S/C15H26N2O/c1-5-12(3)9-14(6-2)16-10-13-7-8-15(18-4)17-11-13/h7-8,11-12,14,16H,5-6,9-10H2,1-4H3. The van der Waals surface area contributed by atoms with Gasteiger partial charge in [-0.2, -0.15) is 0 Å². The zero-order chi connectivity index (χ0) is 13.4. The van der Waals surface area contributed by atoms with Crippen LogP contribution in [-0.2, 0) is 6.54 Å². The van der Waals surface area contributed by atoms with Crippen LogP contribution < -0.4 is 10.1 Å². The van der Waals surface area contributed by atoms with Gasteiger partial charge in [-0.15, -0.1) is 0 Å². The minimum absolute atomic E-state index is 0.599. The van der Waals surface area contributed by atoms with E-state index >= 15 is 0 Å². The zero-order valence-corrected chi connectivity index (χ0v) is 12.1. The molecule has 3 nitrogen and oxygen atoms in total. The van der Waals surface area contributed by atoms with Gasteiger partial charge in [-0.3, -0.25) is 0 Å². The molecule has 1 rings (SSSR count). The number of nitrogens with zero attached hydrogens (tertiary/aromatic N) is 1. The van der Waals surface area contributed by atoms with Gasteiger partial charge < -0.3 is 10.1 Å². The SMILES string of the molecule is CCC(C)CC(CC)NCc1ccc(OC)nc1. The molecule has 1 aromatic rings. The van der Waals surface area contributed by atoms with Crippen LogP contribution in [0.4, 0.5) is 0 Å². The van der Waals surface area contributed by atoms with E-state index in [1.165, 1.54) is 24.8 Å². The van der Waals surface area contributed by atoms with E-state index in [1.807, 2.05) is 12.3 Å². The topological polar surface area (TPSA) is 34.1 Å². The molecule has 0 fully saturated rings. The van der Waals surface area contributed by atoms with Gasteiger partial charge in [-0.25, -0.2) is 4.98 Å². The lowest BCUT2D eigenvalue weighted by molar-refractivity contribution is 0.382. The van der Waals surface area contributed by atoms with Gasteiger partial charge in [0.1, 0.15) is 0 Å². The minimum Gasteiger partial charge on any atom is -0.481 e. The molecule has 102 valence electrons. The predicted octanol–water partition coefficient (Wildman–Crippen LogP) is 3.39. The highest BCUT2D eigenvalue weighted by molar-refractivity contribution is 5.17. The Balaban J connectivity index is 2.41. The average Bonchev–Trinajstić information content (AvgIpc) is 2.43. The van der Waals surface area contributed by atoms with Crippen LogP contribution in [0.2, 0.25) is 0 Å². The van der Waals surface area contributed by atoms with Crippen LogP contribution in [0.25, 0.3) is 0 Å². The molecular weight excluding hydrogens is 224 g/mol. The molecule has 18 heavy (non-hydrogen) atoms. The number of hydrogen-bond donors (Lipinski definition) is 1. The first-order chi connectivity index (χ1) is 8.69. The summed E-state index contributed by atoms with van der Waals surface area (Å²) in [6, 6.07) is 4.57. The Hall–Kier alpha value is -1.09. The Labute approximate surface area is 111 Å². The number of pyridine rings is 1. The number of aromatic nitrogens is 1. The molecule has 2 unspecified atom stereocenters. The molecule has 0 bridgehead atoms. The monoisotopic (exact) mass is 250 g/mol. The third-order valence-electron chi connectivity index (χ3n) is 3.48. The average molecular weight is 250 g/mol. The van der Waals surface area contributed by atoms with E-state index in [1.54, 1.807) is 7.11 Å². The molecule has 0 amide bonds. The van der Waals surface area contributed by atoms with Crippen molar-refractivity contribution >= 4 is 0 Å². The van der Waals surface area contributed by atoms with E-state index in [-0.39, 0.29) is 0 Å². The van der Waals surface area contributed by atoms with E-state index in [4.69, 9.17) is 4.74 Å². The summed E-state index contributed by atoms with van der Waals surface area (Å²) in [7, 11) is 1.64. The van der Waals surface area contributed by atoms with Crippen LogP contribution in [0.15, 0.2) is 18.3 Å². The predicted molar refractivity (Wildman–Crippen MR) is 75.8 cm³/mol. The fraction of sp³-hybridized carbons (Fsp3) is 0.667. The maximum atomic E-state index is 5.05. The van der Waals surface area contributed by atoms with Gasteiger partial charge in [0.25, 0.3) is 0 Å². The summed E-state index contributed by atoms with van der Waals surface area (Å²) in [5.74, 6) is 1.46. The zero-order valence-electron chi connectivity index (χ0n) is 12.1. The quantitative estimate of drug-likeness (QED) is 0.768. The van der Waals surface area contributed by atoms with Crippen LogP contribution in [0, 0.1) is 5.92 Å². The van der Waals surface area contributed by atoms with Crippen LogP contribution in [-0.4, -0.2) is 18.1 Å². The molecule has 1 aromatic heterocycles. The third kappa shape index (κ3) is 5.05. The molecule has 0 saturated heterocycles. The summed E-state index contributed by atoms with van der Waals surface area (Å²) in [6.45, 7) is 7.70. The molecule has 0 spiro atoms. The van der Waals surface area contributed by atoms with Crippen molar-refractivity contribution in [2.75, 3.05) is 7.11 Å². The largest absolute Gasteiger partial charge is 0.481 e. The van der Waals surface area contributed by atoms with Crippen molar-refractivity contribution in [3.8, 4) is 5.88 Å². The Kier molecular flexibility index (Phi) is 6.73. The second kappa shape index (κ2) is 8.09. The fourth-order valence-corrected chi connectivity index (χ4v) is 1.95. The number of methoxy groups -OCH3 is 1. The molecule has 1 heterocycles. The lowest BCUT2D eigenvalue weighted by Gasteiger charge is -2.20. The molecule has 0 aliphatic rings. The van der Waals surface area contributed by atoms with Gasteiger partial charge in [-0.05, 0) is 24.3 Å². The van der Waals surface area contributed by atoms with E-state index < -0.39 is 0 Å². The van der Waals surface area contributed by atoms with E-state index in [0.29, 0.717) is 11.9 Å². The minimum atomic E-state index is 0.599. The van der Waals surface area contributed by atoms with Crippen molar-refractivity contribution in [3.05, 3.63) is 23.9 Å². The smallest absolute Gasteiger partial charge is 0.212 e. The van der Waals surface area contributed by atoms with Crippen LogP contribution in [0.5, 0.6) is 5.88 Å². The van der Waals surface area contributed by atoms with Gasteiger partial charge in [0, 0.05) is 24.8 Å². The summed E-state index contributed by atoms with van der Waals surface area (Å²) < 4.78 is 5.05. The fourth-order valence-electron chi connectivity index (χ4n) is 1.95. The highest BCUT2D eigenvalue weighted by Crippen LogP contribution is 2.13. The first kappa shape index (κ1) is 15.0. The van der Waals surface area contributed by atoms with Gasteiger partial charge >= 0.3 is 0 Å². The second-order valence-electron chi connectivity index (χ2n) is 4.94. The number of nitrogens with one attached hydrogen (secondary N) is 1. The normalized spacial score (nSPS) is 14.2. The summed E-state index contributed by atoms with van der Waals surface area (Å²) in [5.41, 5.74) is 1.21. The maximum Gasteiger partial charge on any atom is 0.212 e. The molecule has 2 atom stereocenters. The van der Waals surface area contributed by atoms with E-state index in [2.05, 4.69) is 37.1 Å². The highest BCUT2D eigenvalue weighted by Gasteiger charge is 2.09. The molecular formula is C15H26N2O. The number of rotatable bonds is 8. The number of hydrogen-bond acceptors (Lipinski definition) is 3. The van der Waals surface area contributed by atoms with Crippen molar-refractivity contribution in [1.29, 1.82) is 0 Å². The lowest BCUT2D eigenvalue weighted by atomic mass is 9.97. The van der Waals surface area contributed by atoms with Crippen molar-refractivity contribution < 1.29 is 4.74 Å². The molecule has 0 aliphatic carbocycles. The maximum absolute atomic E-state index is 5.05. The lowest BCUT2D eigenvalue weighted by Crippen LogP contribution is -2.29. The second-order valence-corrected chi connectivity index (χ2v) is 4.94. The van der Waals surface area contributed by atoms with Gasteiger partial charge in [0.05, 0.1) is 7.11 Å². The Morgan fingerprint density at radius 2 is 2.06 bits per heavy atom. The molecule has 0 aromatic carbocycles. The Morgan fingerprint density at radius 3 is 2.56 bits per heavy atom. The van der Waals surface area contributed by atoms with E-state index in [9.17, 15) is 0 Å². The van der Waals surface area contributed by atoms with Crippen LogP contribution >= 0.6 is 0 Å². The van der Waals surface area contributed by atoms with Crippen molar-refractivity contribution in [1.82, 2.24) is 10.3 Å². The third-order valence-corrected chi connectivity index (χ3v) is 3.48. The molecule has 3 heteroatoms. The summed E-state index contributed by atoms with van der Waals surface area (Å²) >= 11 is 0. The van der Waals surface area contributed by atoms with Crippen molar-refractivity contribution in [2.24, 2.45) is 5.92 Å². The summed E-state index contributed by atoms with van der Waals surface area (Å²) in [4.78, 5) is 4.22. The molecule has 0 radical (unpaired) electrons. The first-order valence-electron chi connectivity index (χ1n) is 6.91. The van der Waals surface area contributed by atoms with E-state index in [0.717, 1.165) is 12.5 Å². The van der Waals surface area contributed by atoms with Gasteiger partial charge in [0.2, 0.25) is 5.88 Å². The van der Waals surface area contributed by atoms with Crippen LogP contribution in [0.1, 0.15) is 45.6 Å². The Bertz CT molecular complexity index is 324.